The lowest BCUT2D eigenvalue weighted by Gasteiger charge is -2.14. The topological polar surface area (TPSA) is 55.1 Å². The number of benzene rings is 1. The molecular formula is C14H20ClF3N2O. The zero-order valence-electron chi connectivity index (χ0n) is 12.0. The Morgan fingerprint density at radius 1 is 1.33 bits per heavy atom. The summed E-state index contributed by atoms with van der Waals surface area (Å²) in [5, 5.41) is 2.52. The van der Waals surface area contributed by atoms with Gasteiger partial charge in [-0.25, -0.2) is 0 Å². The van der Waals surface area contributed by atoms with Crippen LogP contribution in [-0.2, 0) is 17.5 Å². The lowest BCUT2D eigenvalue weighted by molar-refractivity contribution is -0.137. The molecule has 7 heteroatoms. The summed E-state index contributed by atoms with van der Waals surface area (Å²) >= 11 is 0. The molecule has 0 aliphatic rings. The maximum absolute atomic E-state index is 12.7. The number of alkyl halides is 3. The van der Waals surface area contributed by atoms with E-state index >= 15 is 0 Å². The second-order valence-electron chi connectivity index (χ2n) is 4.80. The largest absolute Gasteiger partial charge is 0.416 e. The fourth-order valence-electron chi connectivity index (χ4n) is 1.88. The van der Waals surface area contributed by atoms with Gasteiger partial charge in [0.25, 0.3) is 0 Å². The van der Waals surface area contributed by atoms with E-state index in [4.69, 9.17) is 5.73 Å². The maximum atomic E-state index is 12.7. The first-order chi connectivity index (χ1) is 9.27. The molecule has 0 saturated carbocycles. The Kier molecular flexibility index (Phi) is 7.74. The number of nitrogens with one attached hydrogen (secondary N) is 1. The van der Waals surface area contributed by atoms with Gasteiger partial charge in [0.2, 0.25) is 5.91 Å². The van der Waals surface area contributed by atoms with Gasteiger partial charge in [0.05, 0.1) is 5.56 Å². The molecule has 3 N–H and O–H groups in total. The number of nitrogens with two attached hydrogens (primary N) is 1. The molecule has 0 bridgehead atoms. The molecule has 0 aliphatic heterocycles. The Morgan fingerprint density at radius 2 is 1.95 bits per heavy atom. The van der Waals surface area contributed by atoms with Crippen molar-refractivity contribution in [2.24, 2.45) is 11.7 Å². The smallest absolute Gasteiger partial charge is 0.326 e. The molecule has 1 rings (SSSR count). The predicted octanol–water partition coefficient (Wildman–Crippen LogP) is 3.96. The van der Waals surface area contributed by atoms with Crippen LogP contribution < -0.4 is 11.1 Å². The Bertz CT molecular complexity index is 478. The number of hydrogen-bond acceptors (Lipinski definition) is 2. The van der Waals surface area contributed by atoms with Gasteiger partial charge in [0, 0.05) is 18.2 Å². The molecule has 0 aromatic heterocycles. The highest BCUT2D eigenvalue weighted by Crippen LogP contribution is 2.32. The monoisotopic (exact) mass is 324 g/mol. The Hall–Kier alpha value is -1.27. The number of amides is 1. The Balaban J connectivity index is 0.00000400. The molecular weight excluding hydrogens is 305 g/mol. The molecule has 1 aromatic rings. The maximum Gasteiger partial charge on any atom is 0.416 e. The molecule has 0 saturated heterocycles. The van der Waals surface area contributed by atoms with Crippen LogP contribution in [-0.4, -0.2) is 5.91 Å². The lowest BCUT2D eigenvalue weighted by atomic mass is 10.0. The minimum Gasteiger partial charge on any atom is -0.326 e. The van der Waals surface area contributed by atoms with Crippen molar-refractivity contribution in [1.29, 1.82) is 0 Å². The molecule has 21 heavy (non-hydrogen) atoms. The molecule has 1 amide bonds. The van der Waals surface area contributed by atoms with Crippen LogP contribution in [0.15, 0.2) is 18.2 Å². The second-order valence-corrected chi connectivity index (χ2v) is 4.80. The van der Waals surface area contributed by atoms with E-state index < -0.39 is 11.7 Å². The third kappa shape index (κ3) is 5.93. The Morgan fingerprint density at radius 3 is 2.43 bits per heavy atom. The Labute approximate surface area is 128 Å². The van der Waals surface area contributed by atoms with Gasteiger partial charge in [0.1, 0.15) is 0 Å². The molecule has 0 fully saturated rings. The van der Waals surface area contributed by atoms with E-state index in [-0.39, 0.29) is 36.5 Å². The third-order valence-corrected chi connectivity index (χ3v) is 2.99. The third-order valence-electron chi connectivity index (χ3n) is 2.99. The summed E-state index contributed by atoms with van der Waals surface area (Å²) < 4.78 is 38.2. The van der Waals surface area contributed by atoms with Crippen molar-refractivity contribution in [1.82, 2.24) is 0 Å². The van der Waals surface area contributed by atoms with Crippen molar-refractivity contribution in [3.63, 3.8) is 0 Å². The van der Waals surface area contributed by atoms with Gasteiger partial charge in [-0.15, -0.1) is 12.4 Å². The van der Waals surface area contributed by atoms with Crippen LogP contribution in [0.25, 0.3) is 0 Å². The summed E-state index contributed by atoms with van der Waals surface area (Å²) in [5.41, 5.74) is 5.05. The zero-order chi connectivity index (χ0) is 15.3. The number of carbonyl (C=O) groups is 1. The van der Waals surface area contributed by atoms with Gasteiger partial charge in [-0.2, -0.15) is 13.2 Å². The van der Waals surface area contributed by atoms with Gasteiger partial charge in [-0.1, -0.05) is 20.3 Å². The summed E-state index contributed by atoms with van der Waals surface area (Å²) in [6, 6.07) is 3.38. The lowest BCUT2D eigenvalue weighted by Crippen LogP contribution is -2.21. The zero-order valence-corrected chi connectivity index (χ0v) is 12.8. The van der Waals surface area contributed by atoms with Gasteiger partial charge in [-0.3, -0.25) is 4.79 Å². The number of rotatable bonds is 5. The quantitative estimate of drug-likeness (QED) is 0.861. The minimum absolute atomic E-state index is 0. The molecule has 0 heterocycles. The highest BCUT2D eigenvalue weighted by molar-refractivity contribution is 5.92. The number of anilines is 1. The van der Waals surface area contributed by atoms with E-state index in [1.54, 1.807) is 6.92 Å². The highest BCUT2D eigenvalue weighted by Gasteiger charge is 2.31. The molecule has 3 nitrogen and oxygen atoms in total. The molecule has 0 aliphatic carbocycles. The van der Waals surface area contributed by atoms with Gasteiger partial charge in [-0.05, 0) is 30.2 Å². The van der Waals surface area contributed by atoms with Crippen molar-refractivity contribution < 1.29 is 18.0 Å². The minimum atomic E-state index is -4.46. The first kappa shape index (κ1) is 19.7. The molecule has 1 atom stereocenters. The van der Waals surface area contributed by atoms with Crippen LogP contribution in [0.5, 0.6) is 0 Å². The highest BCUT2D eigenvalue weighted by atomic mass is 35.5. The second kappa shape index (κ2) is 8.24. The summed E-state index contributed by atoms with van der Waals surface area (Å²) in [6.07, 6.45) is -2.93. The van der Waals surface area contributed by atoms with E-state index in [0.29, 0.717) is 12.0 Å². The van der Waals surface area contributed by atoms with Crippen molar-refractivity contribution in [2.45, 2.75) is 39.4 Å². The molecule has 1 aromatic carbocycles. The number of halogens is 4. The van der Waals surface area contributed by atoms with E-state index in [1.807, 2.05) is 6.92 Å². The van der Waals surface area contributed by atoms with Crippen LogP contribution >= 0.6 is 12.4 Å². The SMILES string of the molecule is CCCC(C)C(=O)Nc1cc(CN)cc(C(F)(F)F)c1.Cl. The van der Waals surface area contributed by atoms with E-state index in [0.717, 1.165) is 18.6 Å². The van der Waals surface area contributed by atoms with Crippen LogP contribution in [0, 0.1) is 5.92 Å². The van der Waals surface area contributed by atoms with Crippen LogP contribution in [0.1, 0.15) is 37.8 Å². The molecule has 0 spiro atoms. The van der Waals surface area contributed by atoms with E-state index in [9.17, 15) is 18.0 Å². The van der Waals surface area contributed by atoms with Crippen LogP contribution in [0.2, 0.25) is 0 Å². The van der Waals surface area contributed by atoms with Crippen molar-refractivity contribution in [3.8, 4) is 0 Å². The van der Waals surface area contributed by atoms with Gasteiger partial charge < -0.3 is 11.1 Å². The first-order valence-corrected chi connectivity index (χ1v) is 6.50. The fourth-order valence-corrected chi connectivity index (χ4v) is 1.88. The van der Waals surface area contributed by atoms with Crippen LogP contribution in [0.4, 0.5) is 18.9 Å². The van der Waals surface area contributed by atoms with Crippen LogP contribution in [0.3, 0.4) is 0 Å². The van der Waals surface area contributed by atoms with E-state index in [2.05, 4.69) is 5.32 Å². The average molecular weight is 325 g/mol. The molecule has 120 valence electrons. The number of hydrogen-bond donors (Lipinski definition) is 2. The standard InChI is InChI=1S/C14H19F3N2O.ClH/c1-3-4-9(2)13(20)19-12-6-10(8-18)5-11(7-12)14(15,16)17;/h5-7,9H,3-4,8,18H2,1-2H3,(H,19,20);1H. The van der Waals surface area contributed by atoms with E-state index in [1.165, 1.54) is 6.07 Å². The summed E-state index contributed by atoms with van der Waals surface area (Å²) in [7, 11) is 0. The molecule has 0 radical (unpaired) electrons. The summed E-state index contributed by atoms with van der Waals surface area (Å²) in [6.45, 7) is 3.67. The van der Waals surface area contributed by atoms with Gasteiger partial charge in [0.15, 0.2) is 0 Å². The summed E-state index contributed by atoms with van der Waals surface area (Å²) in [4.78, 5) is 11.8. The van der Waals surface area contributed by atoms with Crippen molar-refractivity contribution in [3.05, 3.63) is 29.3 Å². The normalized spacial score (nSPS) is 12.5. The van der Waals surface area contributed by atoms with Gasteiger partial charge >= 0.3 is 6.18 Å². The number of carbonyl (C=O) groups excluding carboxylic acids is 1. The van der Waals surface area contributed by atoms with Crippen molar-refractivity contribution in [2.75, 3.05) is 5.32 Å². The molecule has 1 unspecified atom stereocenters. The first-order valence-electron chi connectivity index (χ1n) is 6.50. The predicted molar refractivity (Wildman–Crippen MR) is 79.3 cm³/mol. The fraction of sp³-hybridized carbons (Fsp3) is 0.500. The van der Waals surface area contributed by atoms with Crippen molar-refractivity contribution >= 4 is 24.0 Å². The summed E-state index contributed by atoms with van der Waals surface area (Å²) in [5.74, 6) is -0.523. The average Bonchev–Trinajstić information content (AvgIpc) is 2.37.